The lowest BCUT2D eigenvalue weighted by Crippen LogP contribution is -2.15. The van der Waals surface area contributed by atoms with Gasteiger partial charge in [0.2, 0.25) is 0 Å². The second-order valence-corrected chi connectivity index (χ2v) is 5.71. The van der Waals surface area contributed by atoms with Crippen LogP contribution in [0.3, 0.4) is 0 Å². The molecule has 0 aliphatic heterocycles. The summed E-state index contributed by atoms with van der Waals surface area (Å²) in [7, 11) is -1.84. The van der Waals surface area contributed by atoms with E-state index in [9.17, 15) is 4.57 Å². The smallest absolute Gasteiger partial charge is 0.351 e. The minimum Gasteiger partial charge on any atom is -0.496 e. The number of nitrogens with two attached hydrogens (primary N) is 1. The van der Waals surface area contributed by atoms with Crippen LogP contribution in [0.1, 0.15) is 25.2 Å². The van der Waals surface area contributed by atoms with Crippen LogP contribution in [0.25, 0.3) is 0 Å². The SMILES string of the molecule is CCOP(=O)(OCC)C(N)c1ccccc1OC. The standard InChI is InChI=1S/C12H20NO4P/c1-4-16-18(14,17-5-2)12(13)10-8-6-7-9-11(10)15-3/h6-9,12H,4-5,13H2,1-3H3. The molecule has 1 atom stereocenters. The maximum atomic E-state index is 12.6. The fourth-order valence-corrected chi connectivity index (χ4v) is 3.31. The van der Waals surface area contributed by atoms with E-state index in [0.29, 0.717) is 11.3 Å². The van der Waals surface area contributed by atoms with Crippen LogP contribution in [0.2, 0.25) is 0 Å². The predicted octanol–water partition coefficient (Wildman–Crippen LogP) is 2.92. The quantitative estimate of drug-likeness (QED) is 0.773. The first kappa shape index (κ1) is 15.2. The molecular weight excluding hydrogens is 253 g/mol. The summed E-state index contributed by atoms with van der Waals surface area (Å²) in [5.74, 6) is -0.279. The number of rotatable bonds is 7. The van der Waals surface area contributed by atoms with Gasteiger partial charge in [-0.3, -0.25) is 4.57 Å². The molecular formula is C12H20NO4P. The zero-order valence-electron chi connectivity index (χ0n) is 11.0. The summed E-state index contributed by atoms with van der Waals surface area (Å²) in [5, 5.41) is 0. The summed E-state index contributed by atoms with van der Waals surface area (Å²) >= 11 is 0. The molecule has 2 N–H and O–H groups in total. The Morgan fingerprint density at radius 1 is 1.22 bits per heavy atom. The Balaban J connectivity index is 3.09. The number of ether oxygens (including phenoxy) is 1. The molecule has 0 spiro atoms. The van der Waals surface area contributed by atoms with E-state index in [0.717, 1.165) is 0 Å². The highest BCUT2D eigenvalue weighted by atomic mass is 31.2. The molecule has 1 aromatic rings. The highest BCUT2D eigenvalue weighted by Gasteiger charge is 2.35. The summed E-state index contributed by atoms with van der Waals surface area (Å²) in [6, 6.07) is 7.15. The van der Waals surface area contributed by atoms with Gasteiger partial charge in [-0.25, -0.2) is 0 Å². The lowest BCUT2D eigenvalue weighted by molar-refractivity contribution is 0.212. The zero-order chi connectivity index (χ0) is 13.6. The van der Waals surface area contributed by atoms with E-state index in [4.69, 9.17) is 19.5 Å². The minimum atomic E-state index is -3.37. The van der Waals surface area contributed by atoms with Crippen LogP contribution in [0.5, 0.6) is 5.75 Å². The molecule has 6 heteroatoms. The zero-order valence-corrected chi connectivity index (χ0v) is 11.9. The predicted molar refractivity (Wildman–Crippen MR) is 70.8 cm³/mol. The van der Waals surface area contributed by atoms with Crippen molar-refractivity contribution < 1.29 is 18.3 Å². The second kappa shape index (κ2) is 6.90. The van der Waals surface area contributed by atoms with Crippen LogP contribution in [0.4, 0.5) is 0 Å². The molecule has 0 saturated heterocycles. The van der Waals surface area contributed by atoms with E-state index in [1.165, 1.54) is 7.11 Å². The van der Waals surface area contributed by atoms with Gasteiger partial charge in [-0.05, 0) is 19.9 Å². The molecule has 0 aliphatic rings. The Hall–Kier alpha value is -0.870. The van der Waals surface area contributed by atoms with Gasteiger partial charge in [-0.15, -0.1) is 0 Å². The summed E-state index contributed by atoms with van der Waals surface area (Å²) < 4.78 is 28.2. The van der Waals surface area contributed by atoms with E-state index < -0.39 is 13.4 Å². The molecule has 18 heavy (non-hydrogen) atoms. The van der Waals surface area contributed by atoms with Crippen LogP contribution >= 0.6 is 7.60 Å². The third-order valence-electron chi connectivity index (χ3n) is 2.42. The van der Waals surface area contributed by atoms with Crippen molar-refractivity contribution in [3.05, 3.63) is 29.8 Å². The van der Waals surface area contributed by atoms with Crippen molar-refractivity contribution >= 4 is 7.60 Å². The molecule has 0 heterocycles. The molecule has 0 aliphatic carbocycles. The van der Waals surface area contributed by atoms with Gasteiger partial charge in [-0.1, -0.05) is 18.2 Å². The van der Waals surface area contributed by atoms with Crippen LogP contribution in [0.15, 0.2) is 24.3 Å². The Labute approximate surface area is 108 Å². The van der Waals surface area contributed by atoms with Crippen molar-refractivity contribution in [3.8, 4) is 5.75 Å². The first-order valence-electron chi connectivity index (χ1n) is 5.86. The number of methoxy groups -OCH3 is 1. The minimum absolute atomic E-state index is 0.278. The maximum Gasteiger partial charge on any atom is 0.351 e. The molecule has 5 nitrogen and oxygen atoms in total. The third kappa shape index (κ3) is 3.33. The van der Waals surface area contributed by atoms with Crippen LogP contribution in [-0.2, 0) is 13.6 Å². The van der Waals surface area contributed by atoms with Gasteiger partial charge in [0.1, 0.15) is 11.5 Å². The Kier molecular flexibility index (Phi) is 5.82. The van der Waals surface area contributed by atoms with Crippen LogP contribution in [0, 0.1) is 0 Å². The van der Waals surface area contributed by atoms with Gasteiger partial charge in [-0.2, -0.15) is 0 Å². The van der Waals surface area contributed by atoms with Crippen molar-refractivity contribution in [1.82, 2.24) is 0 Å². The van der Waals surface area contributed by atoms with E-state index in [-0.39, 0.29) is 13.2 Å². The average molecular weight is 273 g/mol. The molecule has 0 radical (unpaired) electrons. The van der Waals surface area contributed by atoms with Gasteiger partial charge in [0.25, 0.3) is 0 Å². The Morgan fingerprint density at radius 2 is 1.78 bits per heavy atom. The van der Waals surface area contributed by atoms with Crippen LogP contribution < -0.4 is 10.5 Å². The molecule has 1 aromatic carbocycles. The highest BCUT2D eigenvalue weighted by Crippen LogP contribution is 2.59. The van der Waals surface area contributed by atoms with Crippen molar-refractivity contribution in [3.63, 3.8) is 0 Å². The van der Waals surface area contributed by atoms with Crippen LogP contribution in [-0.4, -0.2) is 20.3 Å². The van der Waals surface area contributed by atoms with Gasteiger partial charge < -0.3 is 19.5 Å². The van der Waals surface area contributed by atoms with E-state index in [2.05, 4.69) is 0 Å². The van der Waals surface area contributed by atoms with Crippen molar-refractivity contribution in [2.45, 2.75) is 19.6 Å². The average Bonchev–Trinajstić information content (AvgIpc) is 2.38. The fourth-order valence-electron chi connectivity index (χ4n) is 1.64. The van der Waals surface area contributed by atoms with Crippen molar-refractivity contribution in [2.24, 2.45) is 5.73 Å². The molecule has 0 aromatic heterocycles. The number of benzene rings is 1. The van der Waals surface area contributed by atoms with Gasteiger partial charge in [0.05, 0.1) is 20.3 Å². The lowest BCUT2D eigenvalue weighted by Gasteiger charge is -2.24. The van der Waals surface area contributed by atoms with E-state index >= 15 is 0 Å². The summed E-state index contributed by atoms with van der Waals surface area (Å²) in [5.41, 5.74) is 6.64. The molecule has 1 unspecified atom stereocenters. The summed E-state index contributed by atoms with van der Waals surface area (Å²) in [6.07, 6.45) is 0. The second-order valence-electron chi connectivity index (χ2n) is 3.56. The van der Waals surface area contributed by atoms with Crippen molar-refractivity contribution in [2.75, 3.05) is 20.3 Å². The van der Waals surface area contributed by atoms with Gasteiger partial charge in [0, 0.05) is 5.56 Å². The summed E-state index contributed by atoms with van der Waals surface area (Å²) in [4.78, 5) is 0. The van der Waals surface area contributed by atoms with E-state index in [1.807, 2.05) is 6.07 Å². The fraction of sp³-hybridized carbons (Fsp3) is 0.500. The van der Waals surface area contributed by atoms with Crippen molar-refractivity contribution in [1.29, 1.82) is 0 Å². The number of hydrogen-bond donors (Lipinski definition) is 1. The number of hydrogen-bond acceptors (Lipinski definition) is 5. The first-order chi connectivity index (χ1) is 8.59. The third-order valence-corrected chi connectivity index (χ3v) is 4.61. The maximum absolute atomic E-state index is 12.6. The lowest BCUT2D eigenvalue weighted by atomic mass is 10.2. The topological polar surface area (TPSA) is 70.8 Å². The monoisotopic (exact) mass is 273 g/mol. The molecule has 0 saturated carbocycles. The largest absolute Gasteiger partial charge is 0.496 e. The Morgan fingerprint density at radius 3 is 2.28 bits per heavy atom. The Bertz CT molecular complexity index is 414. The number of para-hydroxylation sites is 1. The van der Waals surface area contributed by atoms with Gasteiger partial charge >= 0.3 is 7.60 Å². The molecule has 102 valence electrons. The molecule has 0 bridgehead atoms. The molecule has 1 rings (SSSR count). The highest BCUT2D eigenvalue weighted by molar-refractivity contribution is 7.54. The van der Waals surface area contributed by atoms with E-state index in [1.54, 1.807) is 32.0 Å². The van der Waals surface area contributed by atoms with Gasteiger partial charge in [0.15, 0.2) is 0 Å². The molecule has 0 fully saturated rings. The molecule has 0 amide bonds. The first-order valence-corrected chi connectivity index (χ1v) is 7.47. The summed E-state index contributed by atoms with van der Waals surface area (Å²) in [6.45, 7) is 4.06. The normalized spacial score (nSPS) is 13.3.